The molecular formula is C34H34N12O8. The normalized spacial score (nSPS) is 14.9. The number of nitrogens with zero attached hydrogens (tertiary/aromatic N) is 6. The Morgan fingerprint density at radius 3 is 2.43 bits per heavy atom. The van der Waals surface area contributed by atoms with E-state index in [2.05, 4.69) is 52.2 Å². The van der Waals surface area contributed by atoms with Gasteiger partial charge in [0.2, 0.25) is 23.6 Å². The van der Waals surface area contributed by atoms with E-state index >= 15 is 0 Å². The average molecular weight is 739 g/mol. The fraction of sp³-hybridized carbons (Fsp3) is 0.265. The summed E-state index contributed by atoms with van der Waals surface area (Å²) in [4.78, 5) is 93.5. The molecule has 1 unspecified atom stereocenters. The number of fused-ring (bicyclic) bond motifs is 1. The first kappa shape index (κ1) is 36.5. The van der Waals surface area contributed by atoms with E-state index in [1.165, 1.54) is 26.3 Å². The SMILES string of the molecule is CNC(=O)c1nnc(NC(=O)CNC(=O)CCNc2cccc3c2C(=O)N(C2CCC(=O)NC2=O)C3=O)cc1Nc1cccc(-c2ncn(C)n2)c1OC. The van der Waals surface area contributed by atoms with Gasteiger partial charge in [0.15, 0.2) is 23.1 Å². The molecule has 278 valence electrons. The highest BCUT2D eigenvalue weighted by Crippen LogP contribution is 2.37. The van der Waals surface area contributed by atoms with Crippen molar-refractivity contribution in [2.75, 3.05) is 43.2 Å². The third-order valence-corrected chi connectivity index (χ3v) is 8.41. The summed E-state index contributed by atoms with van der Waals surface area (Å²) < 4.78 is 7.19. The van der Waals surface area contributed by atoms with Crippen molar-refractivity contribution in [2.24, 2.45) is 7.05 Å². The monoisotopic (exact) mass is 738 g/mol. The molecule has 4 aromatic rings. The molecule has 2 aliphatic rings. The van der Waals surface area contributed by atoms with Crippen LogP contribution in [0.4, 0.5) is 22.9 Å². The van der Waals surface area contributed by atoms with Gasteiger partial charge in [-0.2, -0.15) is 5.10 Å². The average Bonchev–Trinajstić information content (AvgIpc) is 3.70. The second-order valence-electron chi connectivity index (χ2n) is 12.0. The number of imide groups is 2. The lowest BCUT2D eigenvalue weighted by molar-refractivity contribution is -0.136. The number of rotatable bonds is 13. The van der Waals surface area contributed by atoms with E-state index in [0.29, 0.717) is 22.8 Å². The molecule has 54 heavy (non-hydrogen) atoms. The number of nitrogens with one attached hydrogen (secondary N) is 6. The smallest absolute Gasteiger partial charge is 0.273 e. The molecule has 7 amide bonds. The van der Waals surface area contributed by atoms with E-state index in [1.54, 1.807) is 48.4 Å². The van der Waals surface area contributed by atoms with Crippen molar-refractivity contribution in [3.05, 3.63) is 65.6 Å². The van der Waals surface area contributed by atoms with E-state index in [9.17, 15) is 33.6 Å². The fourth-order valence-corrected chi connectivity index (χ4v) is 5.90. The van der Waals surface area contributed by atoms with Crippen molar-refractivity contribution < 1.29 is 38.3 Å². The summed E-state index contributed by atoms with van der Waals surface area (Å²) >= 11 is 0. The summed E-state index contributed by atoms with van der Waals surface area (Å²) in [5, 5.41) is 28.0. The number of amides is 7. The molecule has 6 rings (SSSR count). The Morgan fingerprint density at radius 2 is 1.72 bits per heavy atom. The zero-order valence-electron chi connectivity index (χ0n) is 29.2. The molecule has 2 aromatic heterocycles. The van der Waals surface area contributed by atoms with E-state index < -0.39 is 53.9 Å². The Kier molecular flexibility index (Phi) is 10.5. The van der Waals surface area contributed by atoms with Gasteiger partial charge in [0, 0.05) is 45.2 Å². The van der Waals surface area contributed by atoms with Crippen LogP contribution in [-0.2, 0) is 26.2 Å². The lowest BCUT2D eigenvalue weighted by Crippen LogP contribution is -2.54. The summed E-state index contributed by atoms with van der Waals surface area (Å²) in [5.74, 6) is -3.44. The number of benzene rings is 2. The number of carbonyl (C=O) groups is 7. The minimum absolute atomic E-state index is 0.00562. The van der Waals surface area contributed by atoms with Crippen molar-refractivity contribution >= 4 is 64.2 Å². The van der Waals surface area contributed by atoms with Gasteiger partial charge in [-0.05, 0) is 30.7 Å². The zero-order valence-corrected chi connectivity index (χ0v) is 29.2. The summed E-state index contributed by atoms with van der Waals surface area (Å²) in [7, 11) is 4.64. The fourth-order valence-electron chi connectivity index (χ4n) is 5.90. The molecule has 6 N–H and O–H groups in total. The lowest BCUT2D eigenvalue weighted by Gasteiger charge is -2.27. The van der Waals surface area contributed by atoms with Gasteiger partial charge in [0.05, 0.1) is 41.7 Å². The first-order valence-corrected chi connectivity index (χ1v) is 16.5. The van der Waals surface area contributed by atoms with Crippen LogP contribution >= 0.6 is 0 Å². The molecule has 20 heteroatoms. The molecule has 1 atom stereocenters. The van der Waals surface area contributed by atoms with E-state index in [1.807, 2.05) is 0 Å². The predicted molar refractivity (Wildman–Crippen MR) is 190 cm³/mol. The molecule has 0 saturated carbocycles. The molecule has 0 bridgehead atoms. The topological polar surface area (TPSA) is 261 Å². The van der Waals surface area contributed by atoms with Crippen LogP contribution in [0.25, 0.3) is 11.4 Å². The molecule has 0 radical (unpaired) electrons. The maximum atomic E-state index is 13.3. The quantitative estimate of drug-likeness (QED) is 0.101. The van der Waals surface area contributed by atoms with Crippen molar-refractivity contribution in [1.29, 1.82) is 0 Å². The first-order valence-electron chi connectivity index (χ1n) is 16.5. The standard InChI is InChI=1S/C34H34N12O8/c1-35-32(51)28-21(39-20-9-5-7-18(29(20)54-3)30-38-16-45(2)44-30)14-23(42-43-28)40-26(49)15-37-24(47)12-13-36-19-8-4-6-17-27(19)34(53)46(33(17)52)22-10-11-25(48)41-31(22)50/h4-9,14,16,22,36H,10-13,15H2,1-3H3,(H,35,51)(H,37,47)(H,41,48,50)(H2,39,40,42,49). The molecule has 0 spiro atoms. The number of hydrogen-bond acceptors (Lipinski definition) is 14. The molecule has 1 saturated heterocycles. The number of piperidine rings is 1. The van der Waals surface area contributed by atoms with E-state index in [4.69, 9.17) is 4.74 Å². The number of ether oxygens (including phenoxy) is 1. The Morgan fingerprint density at radius 1 is 0.963 bits per heavy atom. The minimum Gasteiger partial charge on any atom is -0.494 e. The molecule has 20 nitrogen and oxygen atoms in total. The van der Waals surface area contributed by atoms with Crippen molar-refractivity contribution in [2.45, 2.75) is 25.3 Å². The van der Waals surface area contributed by atoms with Crippen molar-refractivity contribution in [3.63, 3.8) is 0 Å². The third-order valence-electron chi connectivity index (χ3n) is 8.41. The number of para-hydroxylation sites is 1. The van der Waals surface area contributed by atoms with Crippen LogP contribution in [-0.4, -0.2) is 105 Å². The van der Waals surface area contributed by atoms with Crippen LogP contribution in [0.1, 0.15) is 50.5 Å². The van der Waals surface area contributed by atoms with Gasteiger partial charge in [-0.25, -0.2) is 4.98 Å². The predicted octanol–water partition coefficient (Wildman–Crippen LogP) is 0.342. The Balaban J connectivity index is 1.05. The number of carbonyl (C=O) groups excluding carboxylic acids is 7. The van der Waals surface area contributed by atoms with Crippen LogP contribution in [0.3, 0.4) is 0 Å². The molecular weight excluding hydrogens is 704 g/mol. The maximum absolute atomic E-state index is 13.3. The summed E-state index contributed by atoms with van der Waals surface area (Å²) in [6, 6.07) is 10.1. The van der Waals surface area contributed by atoms with Gasteiger partial charge in [-0.1, -0.05) is 12.1 Å². The van der Waals surface area contributed by atoms with Crippen molar-refractivity contribution in [1.82, 2.24) is 45.8 Å². The zero-order chi connectivity index (χ0) is 38.5. The Labute approximate surface area is 306 Å². The number of aryl methyl sites for hydroxylation is 1. The highest BCUT2D eigenvalue weighted by atomic mass is 16.5. The van der Waals surface area contributed by atoms with Gasteiger partial charge in [0.1, 0.15) is 12.4 Å². The largest absolute Gasteiger partial charge is 0.494 e. The summed E-state index contributed by atoms with van der Waals surface area (Å²) in [6.45, 7) is -0.394. The highest BCUT2D eigenvalue weighted by molar-refractivity contribution is 6.25. The second-order valence-corrected chi connectivity index (χ2v) is 12.0. The van der Waals surface area contributed by atoms with E-state index in [0.717, 1.165) is 4.90 Å². The van der Waals surface area contributed by atoms with E-state index in [-0.39, 0.29) is 59.8 Å². The molecule has 2 aromatic carbocycles. The molecule has 1 fully saturated rings. The van der Waals surface area contributed by atoms with Crippen LogP contribution in [0, 0.1) is 0 Å². The second kappa shape index (κ2) is 15.6. The summed E-state index contributed by atoms with van der Waals surface area (Å²) in [6.07, 6.45) is 1.45. The number of methoxy groups -OCH3 is 1. The minimum atomic E-state index is -1.11. The van der Waals surface area contributed by atoms with Gasteiger partial charge in [-0.3, -0.25) is 48.5 Å². The summed E-state index contributed by atoms with van der Waals surface area (Å²) in [5.41, 5.74) is 1.58. The number of hydrogen-bond donors (Lipinski definition) is 6. The van der Waals surface area contributed by atoms with Gasteiger partial charge < -0.3 is 31.3 Å². The number of aromatic nitrogens is 5. The van der Waals surface area contributed by atoms with Crippen LogP contribution < -0.4 is 36.6 Å². The number of anilines is 4. The third kappa shape index (κ3) is 7.52. The molecule has 4 heterocycles. The highest BCUT2D eigenvalue weighted by Gasteiger charge is 2.45. The van der Waals surface area contributed by atoms with Crippen LogP contribution in [0.2, 0.25) is 0 Å². The first-order chi connectivity index (χ1) is 26.0. The van der Waals surface area contributed by atoms with Crippen LogP contribution in [0.5, 0.6) is 5.75 Å². The lowest BCUT2D eigenvalue weighted by atomic mass is 10.0. The maximum Gasteiger partial charge on any atom is 0.273 e. The van der Waals surface area contributed by atoms with Gasteiger partial charge >= 0.3 is 0 Å². The molecule has 0 aliphatic carbocycles. The van der Waals surface area contributed by atoms with Gasteiger partial charge in [0.25, 0.3) is 17.7 Å². The van der Waals surface area contributed by atoms with Gasteiger partial charge in [-0.15, -0.1) is 10.2 Å². The Hall–Kier alpha value is -7.25. The van der Waals surface area contributed by atoms with Crippen LogP contribution in [0.15, 0.2) is 48.8 Å². The van der Waals surface area contributed by atoms with Crippen molar-refractivity contribution in [3.8, 4) is 17.1 Å². The Bertz CT molecular complexity index is 2200. The molecule has 2 aliphatic heterocycles.